The van der Waals surface area contributed by atoms with Crippen LogP contribution in [0.25, 0.3) is 0 Å². The normalized spacial score (nSPS) is 14.2. The average molecular weight is 411 g/mol. The summed E-state index contributed by atoms with van der Waals surface area (Å²) in [5, 5.41) is 0. The first-order valence-corrected chi connectivity index (χ1v) is 10.3. The summed E-state index contributed by atoms with van der Waals surface area (Å²) in [6, 6.07) is 13.4. The molecule has 0 radical (unpaired) electrons. The summed E-state index contributed by atoms with van der Waals surface area (Å²) in [6.07, 6.45) is 1.12. The molecular weight excluding hydrogens is 380 g/mol. The van der Waals surface area contributed by atoms with Gasteiger partial charge in [0.1, 0.15) is 11.5 Å². The zero-order chi connectivity index (χ0) is 21.5. The van der Waals surface area contributed by atoms with Crippen LogP contribution < -0.4 is 9.47 Å². The van der Waals surface area contributed by atoms with Crippen molar-refractivity contribution in [3.05, 3.63) is 59.2 Å². The summed E-state index contributed by atoms with van der Waals surface area (Å²) in [6.45, 7) is 6.47. The Morgan fingerprint density at radius 3 is 2.10 bits per heavy atom. The molecule has 0 aromatic heterocycles. The maximum atomic E-state index is 12.7. The Kier molecular flexibility index (Phi) is 7.33. The molecule has 3 rings (SSSR count). The van der Waals surface area contributed by atoms with Crippen molar-refractivity contribution in [3.63, 3.8) is 0 Å². The average Bonchev–Trinajstić information content (AvgIpc) is 3.01. The van der Waals surface area contributed by atoms with Gasteiger partial charge in [0.05, 0.1) is 13.5 Å². The van der Waals surface area contributed by atoms with Crippen LogP contribution in [0.15, 0.2) is 42.5 Å². The fraction of sp³-hybridized carbons (Fsp3) is 0.417. The molecule has 1 saturated heterocycles. The summed E-state index contributed by atoms with van der Waals surface area (Å²) >= 11 is 0. The molecule has 2 amide bonds. The van der Waals surface area contributed by atoms with Gasteiger partial charge in [-0.15, -0.1) is 0 Å². The molecule has 1 aliphatic heterocycles. The molecule has 1 fully saturated rings. The lowest BCUT2D eigenvalue weighted by Gasteiger charge is -2.22. The number of methoxy groups -OCH3 is 1. The highest BCUT2D eigenvalue weighted by Crippen LogP contribution is 2.17. The van der Waals surface area contributed by atoms with E-state index in [4.69, 9.17) is 9.47 Å². The Bertz CT molecular complexity index is 879. The molecule has 0 unspecified atom stereocenters. The number of amides is 2. The van der Waals surface area contributed by atoms with Crippen LogP contribution in [0, 0.1) is 13.8 Å². The van der Waals surface area contributed by atoms with Crippen molar-refractivity contribution in [2.75, 3.05) is 39.9 Å². The van der Waals surface area contributed by atoms with E-state index in [0.29, 0.717) is 38.3 Å². The van der Waals surface area contributed by atoms with E-state index in [2.05, 4.69) is 0 Å². The number of carbonyl (C=O) groups excluding carboxylic acids is 2. The van der Waals surface area contributed by atoms with E-state index in [1.807, 2.05) is 61.2 Å². The minimum absolute atomic E-state index is 0.0162. The van der Waals surface area contributed by atoms with Gasteiger partial charge in [-0.05, 0) is 61.2 Å². The third kappa shape index (κ3) is 5.75. The number of nitrogens with zero attached hydrogens (tertiary/aromatic N) is 2. The van der Waals surface area contributed by atoms with Crippen molar-refractivity contribution >= 4 is 11.8 Å². The minimum atomic E-state index is -0.0438. The van der Waals surface area contributed by atoms with E-state index < -0.39 is 0 Å². The van der Waals surface area contributed by atoms with Gasteiger partial charge >= 0.3 is 0 Å². The summed E-state index contributed by atoms with van der Waals surface area (Å²) in [4.78, 5) is 28.9. The molecular formula is C24H30N2O4. The monoisotopic (exact) mass is 410 g/mol. The molecule has 2 aromatic rings. The lowest BCUT2D eigenvalue weighted by atomic mass is 10.1. The molecule has 0 bridgehead atoms. The van der Waals surface area contributed by atoms with Crippen molar-refractivity contribution in [2.24, 2.45) is 0 Å². The number of hydrogen-bond acceptors (Lipinski definition) is 4. The lowest BCUT2D eigenvalue weighted by molar-refractivity contribution is -0.134. The topological polar surface area (TPSA) is 59.1 Å². The molecule has 0 saturated carbocycles. The Labute approximate surface area is 178 Å². The van der Waals surface area contributed by atoms with Crippen LogP contribution in [0.1, 0.15) is 23.1 Å². The van der Waals surface area contributed by atoms with Gasteiger partial charge in [0.2, 0.25) is 5.91 Å². The Morgan fingerprint density at radius 2 is 1.47 bits per heavy atom. The van der Waals surface area contributed by atoms with E-state index in [1.165, 1.54) is 5.56 Å². The standard InChI is InChI=1S/C24H30N2O4/c1-18-5-8-22(15-19(18)2)30-17-24(28)26-12-4-11-25(13-14-26)23(27)16-20-6-9-21(29-3)10-7-20/h5-10,15H,4,11-14,16-17H2,1-3H3. The molecule has 6 heteroatoms. The van der Waals surface area contributed by atoms with Crippen LogP contribution in [0.5, 0.6) is 11.5 Å². The molecule has 0 aliphatic carbocycles. The van der Waals surface area contributed by atoms with Crippen LogP contribution in [-0.4, -0.2) is 61.5 Å². The molecule has 1 aliphatic rings. The van der Waals surface area contributed by atoms with Gasteiger partial charge < -0.3 is 19.3 Å². The van der Waals surface area contributed by atoms with E-state index in [9.17, 15) is 9.59 Å². The maximum Gasteiger partial charge on any atom is 0.260 e. The minimum Gasteiger partial charge on any atom is -0.497 e. The van der Waals surface area contributed by atoms with E-state index in [0.717, 1.165) is 23.3 Å². The molecule has 30 heavy (non-hydrogen) atoms. The first kappa shape index (κ1) is 21.7. The summed E-state index contributed by atoms with van der Waals surface area (Å²) in [5.74, 6) is 1.52. The zero-order valence-corrected chi connectivity index (χ0v) is 18.0. The summed E-state index contributed by atoms with van der Waals surface area (Å²) in [5.41, 5.74) is 3.29. The smallest absolute Gasteiger partial charge is 0.260 e. The fourth-order valence-electron chi connectivity index (χ4n) is 3.49. The van der Waals surface area contributed by atoms with Gasteiger partial charge in [-0.2, -0.15) is 0 Å². The molecule has 2 aromatic carbocycles. The molecule has 160 valence electrons. The summed E-state index contributed by atoms with van der Waals surface area (Å²) in [7, 11) is 1.62. The first-order valence-electron chi connectivity index (χ1n) is 10.3. The predicted molar refractivity (Wildman–Crippen MR) is 116 cm³/mol. The van der Waals surface area contributed by atoms with Gasteiger partial charge in [0, 0.05) is 26.2 Å². The second kappa shape index (κ2) is 10.1. The zero-order valence-electron chi connectivity index (χ0n) is 18.0. The van der Waals surface area contributed by atoms with E-state index >= 15 is 0 Å². The molecule has 1 heterocycles. The number of benzene rings is 2. The quantitative estimate of drug-likeness (QED) is 0.735. The van der Waals surface area contributed by atoms with Crippen LogP contribution >= 0.6 is 0 Å². The van der Waals surface area contributed by atoms with Gasteiger partial charge in [0.25, 0.3) is 5.91 Å². The molecule has 0 N–H and O–H groups in total. The lowest BCUT2D eigenvalue weighted by Crippen LogP contribution is -2.39. The van der Waals surface area contributed by atoms with Crippen LogP contribution in [-0.2, 0) is 16.0 Å². The molecule has 0 atom stereocenters. The third-order valence-corrected chi connectivity index (χ3v) is 5.56. The van der Waals surface area contributed by atoms with E-state index in [-0.39, 0.29) is 18.4 Å². The highest BCUT2D eigenvalue weighted by molar-refractivity contribution is 5.80. The SMILES string of the molecule is COc1ccc(CC(=O)N2CCCN(C(=O)COc3ccc(C)c(C)c3)CC2)cc1. The molecule has 0 spiro atoms. The van der Waals surface area contributed by atoms with E-state index in [1.54, 1.807) is 12.0 Å². The highest BCUT2D eigenvalue weighted by Gasteiger charge is 2.22. The van der Waals surface area contributed by atoms with Gasteiger partial charge in [0.15, 0.2) is 6.61 Å². The second-order valence-corrected chi connectivity index (χ2v) is 7.67. The predicted octanol–water partition coefficient (Wildman–Crippen LogP) is 2.99. The van der Waals surface area contributed by atoms with Crippen LogP contribution in [0.2, 0.25) is 0 Å². The number of aryl methyl sites for hydroxylation is 2. The van der Waals surface area contributed by atoms with Crippen LogP contribution in [0.3, 0.4) is 0 Å². The van der Waals surface area contributed by atoms with Gasteiger partial charge in [-0.1, -0.05) is 18.2 Å². The number of carbonyl (C=O) groups is 2. The van der Waals surface area contributed by atoms with Gasteiger partial charge in [-0.25, -0.2) is 0 Å². The first-order chi connectivity index (χ1) is 14.5. The number of ether oxygens (including phenoxy) is 2. The van der Waals surface area contributed by atoms with Crippen molar-refractivity contribution in [1.29, 1.82) is 0 Å². The Morgan fingerprint density at radius 1 is 0.833 bits per heavy atom. The van der Waals surface area contributed by atoms with Gasteiger partial charge in [-0.3, -0.25) is 9.59 Å². The van der Waals surface area contributed by atoms with Crippen molar-refractivity contribution in [3.8, 4) is 11.5 Å². The second-order valence-electron chi connectivity index (χ2n) is 7.67. The number of rotatable bonds is 6. The van der Waals surface area contributed by atoms with Crippen molar-refractivity contribution < 1.29 is 19.1 Å². The third-order valence-electron chi connectivity index (χ3n) is 5.56. The van der Waals surface area contributed by atoms with Crippen LogP contribution in [0.4, 0.5) is 0 Å². The highest BCUT2D eigenvalue weighted by atomic mass is 16.5. The maximum absolute atomic E-state index is 12.7. The largest absolute Gasteiger partial charge is 0.497 e. The Hall–Kier alpha value is -3.02. The number of hydrogen-bond donors (Lipinski definition) is 0. The Balaban J connectivity index is 1.48. The van der Waals surface area contributed by atoms with Crippen molar-refractivity contribution in [1.82, 2.24) is 9.80 Å². The van der Waals surface area contributed by atoms with Crippen molar-refractivity contribution in [2.45, 2.75) is 26.7 Å². The summed E-state index contributed by atoms with van der Waals surface area (Å²) < 4.78 is 10.8. The fourth-order valence-corrected chi connectivity index (χ4v) is 3.49. The molecule has 6 nitrogen and oxygen atoms in total.